The van der Waals surface area contributed by atoms with Gasteiger partial charge in [-0.15, -0.1) is 0 Å². The van der Waals surface area contributed by atoms with Crippen molar-refractivity contribution in [3.05, 3.63) is 71.8 Å². The molecule has 0 aliphatic rings. The molecule has 1 radical (unpaired) electrons. The van der Waals surface area contributed by atoms with E-state index in [1.807, 2.05) is 36.4 Å². The highest BCUT2D eigenvalue weighted by atomic mass is 16.5. The fraction of sp³-hybridized carbons (Fsp3) is 0.111. The van der Waals surface area contributed by atoms with Crippen LogP contribution in [0.4, 0.5) is 0 Å². The molecule has 0 saturated carbocycles. The molecule has 93 valence electrons. The Bertz CT molecular complexity index is 729. The van der Waals surface area contributed by atoms with Gasteiger partial charge in [0.05, 0.1) is 0 Å². The minimum Gasteiger partial charge on any atom is -0.456 e. The Labute approximate surface area is 113 Å². The van der Waals surface area contributed by atoms with Crippen LogP contribution in [0.5, 0.6) is 11.5 Å². The highest BCUT2D eigenvalue weighted by Crippen LogP contribution is 2.28. The largest absolute Gasteiger partial charge is 0.456 e. The number of hydrogen-bond acceptors (Lipinski definition) is 1. The van der Waals surface area contributed by atoms with Crippen LogP contribution in [0.15, 0.2) is 54.6 Å². The van der Waals surface area contributed by atoms with Crippen molar-refractivity contribution in [3.63, 3.8) is 0 Å². The molecule has 0 spiro atoms. The summed E-state index contributed by atoms with van der Waals surface area (Å²) in [6, 6.07) is 21.5. The van der Waals surface area contributed by atoms with Crippen molar-refractivity contribution in [3.8, 4) is 11.5 Å². The molecule has 1 heteroatoms. The van der Waals surface area contributed by atoms with Crippen molar-refractivity contribution in [2.24, 2.45) is 0 Å². The van der Waals surface area contributed by atoms with E-state index in [9.17, 15) is 0 Å². The molecule has 3 aromatic rings. The van der Waals surface area contributed by atoms with Gasteiger partial charge in [-0.05, 0) is 53.9 Å². The molecule has 0 aliphatic heterocycles. The Hall–Kier alpha value is -2.28. The quantitative estimate of drug-likeness (QED) is 0.615. The molecule has 0 aromatic heterocycles. The predicted molar refractivity (Wildman–Crippen MR) is 78.8 cm³/mol. The van der Waals surface area contributed by atoms with E-state index >= 15 is 0 Å². The summed E-state index contributed by atoms with van der Waals surface area (Å²) in [4.78, 5) is 0. The fourth-order valence-corrected chi connectivity index (χ4v) is 2.12. The predicted octanol–water partition coefficient (Wildman–Crippen LogP) is 5.05. The molecule has 0 atom stereocenters. The minimum atomic E-state index is 0.757. The third-order valence-electron chi connectivity index (χ3n) is 3.43. The first-order valence-corrected chi connectivity index (χ1v) is 6.38. The second-order valence-corrected chi connectivity index (χ2v) is 4.73. The lowest BCUT2D eigenvalue weighted by Gasteiger charge is -2.10. The standard InChI is InChI=1S/C18H15O/c1-13-6-5-9-18(14(13)2)19-17-11-10-15-7-3-4-8-16(15)12-17/h3-10,12H,1-2H3. The van der Waals surface area contributed by atoms with Crippen LogP contribution in [0.25, 0.3) is 10.8 Å². The molecule has 0 saturated heterocycles. The molecule has 0 aliphatic carbocycles. The van der Waals surface area contributed by atoms with Gasteiger partial charge < -0.3 is 4.74 Å². The first-order valence-electron chi connectivity index (χ1n) is 6.38. The SMILES string of the molecule is Cc1cccc(Oc2[c]cc3ccccc3c2)c1C. The minimum absolute atomic E-state index is 0.757. The summed E-state index contributed by atoms with van der Waals surface area (Å²) in [6.45, 7) is 4.16. The van der Waals surface area contributed by atoms with E-state index in [1.165, 1.54) is 21.9 Å². The molecule has 0 unspecified atom stereocenters. The lowest BCUT2D eigenvalue weighted by atomic mass is 10.1. The zero-order valence-corrected chi connectivity index (χ0v) is 11.1. The zero-order valence-electron chi connectivity index (χ0n) is 11.1. The van der Waals surface area contributed by atoms with Crippen LogP contribution >= 0.6 is 0 Å². The van der Waals surface area contributed by atoms with Gasteiger partial charge in [0.2, 0.25) is 0 Å². The first-order chi connectivity index (χ1) is 9.24. The second kappa shape index (κ2) is 4.77. The fourth-order valence-electron chi connectivity index (χ4n) is 2.12. The maximum atomic E-state index is 5.94. The van der Waals surface area contributed by atoms with E-state index in [0.717, 1.165) is 11.5 Å². The van der Waals surface area contributed by atoms with Gasteiger partial charge in [-0.2, -0.15) is 0 Å². The van der Waals surface area contributed by atoms with E-state index in [-0.39, 0.29) is 0 Å². The number of benzene rings is 3. The van der Waals surface area contributed by atoms with Crippen LogP contribution in [0.3, 0.4) is 0 Å². The van der Waals surface area contributed by atoms with Crippen LogP contribution in [0.2, 0.25) is 0 Å². The van der Waals surface area contributed by atoms with Crippen LogP contribution in [0.1, 0.15) is 11.1 Å². The summed E-state index contributed by atoms with van der Waals surface area (Å²) < 4.78 is 5.94. The van der Waals surface area contributed by atoms with E-state index in [2.05, 4.69) is 38.1 Å². The Balaban J connectivity index is 1.99. The second-order valence-electron chi connectivity index (χ2n) is 4.73. The average Bonchev–Trinajstić information content (AvgIpc) is 2.44. The Kier molecular flexibility index (Phi) is 2.96. The summed E-state index contributed by atoms with van der Waals surface area (Å²) in [7, 11) is 0. The van der Waals surface area contributed by atoms with Gasteiger partial charge in [0.15, 0.2) is 0 Å². The van der Waals surface area contributed by atoms with Gasteiger partial charge in [-0.25, -0.2) is 0 Å². The van der Waals surface area contributed by atoms with Crippen LogP contribution < -0.4 is 4.74 Å². The van der Waals surface area contributed by atoms with Crippen molar-refractivity contribution in [1.29, 1.82) is 0 Å². The summed E-state index contributed by atoms with van der Waals surface area (Å²) >= 11 is 0. The van der Waals surface area contributed by atoms with Gasteiger partial charge >= 0.3 is 0 Å². The molecular weight excluding hydrogens is 232 g/mol. The summed E-state index contributed by atoms with van der Waals surface area (Å²) in [5.74, 6) is 1.65. The summed E-state index contributed by atoms with van der Waals surface area (Å²) in [6.07, 6.45) is 0. The van der Waals surface area contributed by atoms with E-state index in [4.69, 9.17) is 4.74 Å². The van der Waals surface area contributed by atoms with E-state index < -0.39 is 0 Å². The van der Waals surface area contributed by atoms with Crippen LogP contribution in [-0.2, 0) is 0 Å². The van der Waals surface area contributed by atoms with Crippen molar-refractivity contribution in [2.45, 2.75) is 13.8 Å². The van der Waals surface area contributed by atoms with Crippen LogP contribution in [0, 0.1) is 19.9 Å². The Morgan fingerprint density at radius 1 is 0.895 bits per heavy atom. The monoisotopic (exact) mass is 247 g/mol. The highest BCUT2D eigenvalue weighted by molar-refractivity contribution is 5.83. The Morgan fingerprint density at radius 2 is 1.68 bits per heavy atom. The average molecular weight is 247 g/mol. The smallest absolute Gasteiger partial charge is 0.136 e. The van der Waals surface area contributed by atoms with Crippen LogP contribution in [-0.4, -0.2) is 0 Å². The van der Waals surface area contributed by atoms with Gasteiger partial charge in [0, 0.05) is 6.07 Å². The van der Waals surface area contributed by atoms with Crippen molar-refractivity contribution in [2.75, 3.05) is 0 Å². The molecule has 0 heterocycles. The van der Waals surface area contributed by atoms with Crippen molar-refractivity contribution < 1.29 is 4.74 Å². The van der Waals surface area contributed by atoms with Crippen molar-refractivity contribution in [1.82, 2.24) is 0 Å². The lowest BCUT2D eigenvalue weighted by molar-refractivity contribution is 0.478. The maximum Gasteiger partial charge on any atom is 0.136 e. The molecule has 3 aromatic carbocycles. The third kappa shape index (κ3) is 2.32. The highest BCUT2D eigenvalue weighted by Gasteiger charge is 2.04. The summed E-state index contributed by atoms with van der Waals surface area (Å²) in [5.41, 5.74) is 2.40. The molecule has 0 bridgehead atoms. The molecule has 0 N–H and O–H groups in total. The van der Waals surface area contributed by atoms with E-state index in [1.54, 1.807) is 0 Å². The molecule has 19 heavy (non-hydrogen) atoms. The maximum absolute atomic E-state index is 5.94. The topological polar surface area (TPSA) is 9.23 Å². The van der Waals surface area contributed by atoms with Gasteiger partial charge in [0.25, 0.3) is 0 Å². The lowest BCUT2D eigenvalue weighted by Crippen LogP contribution is -1.90. The number of aryl methyl sites for hydroxylation is 1. The van der Waals surface area contributed by atoms with Gasteiger partial charge in [-0.1, -0.05) is 36.4 Å². The number of hydrogen-bond donors (Lipinski definition) is 0. The third-order valence-corrected chi connectivity index (χ3v) is 3.43. The Morgan fingerprint density at radius 3 is 2.53 bits per heavy atom. The van der Waals surface area contributed by atoms with E-state index in [0.29, 0.717) is 0 Å². The van der Waals surface area contributed by atoms with Gasteiger partial charge in [-0.3, -0.25) is 0 Å². The molecule has 3 rings (SSSR count). The molecule has 1 nitrogen and oxygen atoms in total. The van der Waals surface area contributed by atoms with Crippen molar-refractivity contribution >= 4 is 10.8 Å². The van der Waals surface area contributed by atoms with Gasteiger partial charge in [0.1, 0.15) is 11.5 Å². The molecule has 0 fully saturated rings. The molecular formula is C18H15O. The number of ether oxygens (including phenoxy) is 1. The zero-order chi connectivity index (χ0) is 13.2. The summed E-state index contributed by atoms with van der Waals surface area (Å²) in [5, 5.41) is 2.34. The molecule has 0 amide bonds. The first kappa shape index (κ1) is 11.8. The normalized spacial score (nSPS) is 10.6. The number of rotatable bonds is 2. The number of fused-ring (bicyclic) bond motifs is 1.